The van der Waals surface area contributed by atoms with Crippen molar-refractivity contribution in [2.75, 3.05) is 32.2 Å². The number of hydrogen-bond donors (Lipinski definition) is 0. The van der Waals surface area contributed by atoms with Crippen LogP contribution in [0.2, 0.25) is 0 Å². The van der Waals surface area contributed by atoms with Gasteiger partial charge in [0, 0.05) is 18.0 Å². The van der Waals surface area contributed by atoms with E-state index >= 15 is 0 Å². The van der Waals surface area contributed by atoms with Crippen molar-refractivity contribution >= 4 is 34.7 Å². The summed E-state index contributed by atoms with van der Waals surface area (Å²) >= 11 is 1.43. The van der Waals surface area contributed by atoms with E-state index in [2.05, 4.69) is 40.2 Å². The lowest BCUT2D eigenvalue weighted by molar-refractivity contribution is -0.140. The van der Waals surface area contributed by atoms with Crippen molar-refractivity contribution in [3.63, 3.8) is 0 Å². The van der Waals surface area contributed by atoms with E-state index in [0.717, 1.165) is 4.88 Å². The normalized spacial score (nSPS) is 10.6. The molecule has 0 aromatic carbocycles. The van der Waals surface area contributed by atoms with Gasteiger partial charge in [0.15, 0.2) is 5.65 Å². The fourth-order valence-electron chi connectivity index (χ4n) is 3.28. The van der Waals surface area contributed by atoms with E-state index in [1.54, 1.807) is 27.9 Å². The molecule has 0 amide bonds. The minimum atomic E-state index is -0.503. The van der Waals surface area contributed by atoms with E-state index in [-0.39, 0.29) is 13.1 Å². The first-order valence-corrected chi connectivity index (χ1v) is 10.8. The molecular weight excluding hydrogens is 440 g/mol. The molecule has 5 rings (SSSR count). The number of anilines is 1. The Morgan fingerprint density at radius 3 is 2.39 bits per heavy atom. The van der Waals surface area contributed by atoms with Crippen LogP contribution in [0.1, 0.15) is 5.56 Å². The maximum atomic E-state index is 12.0. The van der Waals surface area contributed by atoms with Gasteiger partial charge in [0.1, 0.15) is 24.6 Å². The van der Waals surface area contributed by atoms with E-state index in [0.29, 0.717) is 22.7 Å². The van der Waals surface area contributed by atoms with E-state index in [9.17, 15) is 9.59 Å². The highest BCUT2D eigenvalue weighted by Crippen LogP contribution is 2.36. The zero-order valence-corrected chi connectivity index (χ0v) is 18.8. The molecule has 3 aromatic heterocycles. The molecule has 0 atom stereocenters. The van der Waals surface area contributed by atoms with E-state index < -0.39 is 11.9 Å². The summed E-state index contributed by atoms with van der Waals surface area (Å²) in [6.45, 7) is -0.322. The van der Waals surface area contributed by atoms with Crippen molar-refractivity contribution in [2.45, 2.75) is 0 Å². The summed E-state index contributed by atoms with van der Waals surface area (Å²) < 4.78 is 11.3. The summed E-state index contributed by atoms with van der Waals surface area (Å²) in [7, 11) is 2.57. The number of esters is 2. The van der Waals surface area contributed by atoms with Crippen LogP contribution in [-0.4, -0.2) is 53.6 Å². The molecule has 2 aliphatic rings. The second kappa shape index (κ2) is 9.54. The highest BCUT2D eigenvalue weighted by atomic mass is 32.1. The van der Waals surface area contributed by atoms with E-state index in [4.69, 9.17) is 15.9 Å². The summed E-state index contributed by atoms with van der Waals surface area (Å²) in [5.41, 5.74) is 4.64. The molecule has 9 heteroatoms. The van der Waals surface area contributed by atoms with E-state index in [1.807, 2.05) is 11.4 Å². The molecule has 0 spiro atoms. The van der Waals surface area contributed by atoms with Gasteiger partial charge in [-0.15, -0.1) is 17.8 Å². The van der Waals surface area contributed by atoms with Gasteiger partial charge in [-0.25, -0.2) is 4.98 Å². The number of thiophene rings is 1. The molecule has 0 fully saturated rings. The van der Waals surface area contributed by atoms with Gasteiger partial charge < -0.3 is 14.4 Å². The predicted octanol–water partition coefficient (Wildman–Crippen LogP) is 3.26. The van der Waals surface area contributed by atoms with E-state index in [1.165, 1.54) is 36.7 Å². The molecule has 0 radical (unpaired) electrons. The number of terminal acetylenes is 1. The molecular formula is C24H20N4O4S. The van der Waals surface area contributed by atoms with Gasteiger partial charge in [-0.05, 0) is 28.6 Å². The lowest BCUT2D eigenvalue weighted by Crippen LogP contribution is -2.36. The van der Waals surface area contributed by atoms with Gasteiger partial charge in [-0.2, -0.15) is 0 Å². The van der Waals surface area contributed by atoms with Crippen molar-refractivity contribution in [1.82, 2.24) is 14.4 Å². The van der Waals surface area contributed by atoms with Crippen LogP contribution in [0.5, 0.6) is 0 Å². The van der Waals surface area contributed by atoms with Gasteiger partial charge in [-0.3, -0.25) is 19.0 Å². The van der Waals surface area contributed by atoms with Crippen molar-refractivity contribution in [2.24, 2.45) is 0 Å². The summed E-state index contributed by atoms with van der Waals surface area (Å²) in [4.78, 5) is 34.9. The van der Waals surface area contributed by atoms with Gasteiger partial charge >= 0.3 is 11.9 Å². The maximum absolute atomic E-state index is 12.0. The van der Waals surface area contributed by atoms with Crippen molar-refractivity contribution in [3.8, 4) is 34.0 Å². The number of carbonyl (C=O) groups excluding carboxylic acids is 2. The number of imidazole rings is 1. The first-order chi connectivity index (χ1) is 16.0. The molecule has 0 saturated carbocycles. The third-order valence-corrected chi connectivity index (χ3v) is 5.87. The third kappa shape index (κ3) is 4.71. The second-order valence-electron chi connectivity index (χ2n) is 6.99. The summed E-state index contributed by atoms with van der Waals surface area (Å²) in [6.07, 6.45) is 10.5. The quantitative estimate of drug-likeness (QED) is 0.284. The molecule has 0 bridgehead atoms. The molecule has 166 valence electrons. The molecule has 8 nitrogen and oxygen atoms in total. The highest BCUT2D eigenvalue weighted by molar-refractivity contribution is 7.13. The standard InChI is InChI=1S/C18H16N4O4S.C6H4/c1-4-12-5-8-27-17(12)16-18(22-7-6-19-9-13(22)20-16)21(10-14(23)25-2)11-15(24)26-3;1-2-5-4-6(5)3-1/h1,5-9H,10-11H2,2-3H3;1-4H. The fraction of sp³-hybridized carbons (Fsp3) is 0.167. The van der Waals surface area contributed by atoms with Gasteiger partial charge in [0.2, 0.25) is 0 Å². The Morgan fingerprint density at radius 1 is 1.15 bits per heavy atom. The number of carbonyl (C=O) groups is 2. The predicted molar refractivity (Wildman–Crippen MR) is 126 cm³/mol. The van der Waals surface area contributed by atoms with Crippen molar-refractivity contribution in [1.29, 1.82) is 0 Å². The molecule has 0 unspecified atom stereocenters. The van der Waals surface area contributed by atoms with Crippen LogP contribution in [0, 0.1) is 12.3 Å². The number of methoxy groups -OCH3 is 2. The zero-order chi connectivity index (χ0) is 23.4. The number of ether oxygens (including phenoxy) is 2. The molecule has 3 aromatic rings. The maximum Gasteiger partial charge on any atom is 0.325 e. The topological polar surface area (TPSA) is 86.0 Å². The number of benzene rings is 1. The Bertz CT molecular complexity index is 1330. The van der Waals surface area contributed by atoms with Gasteiger partial charge in [0.05, 0.1) is 25.3 Å². The number of fused-ring (bicyclic) bond motifs is 2. The van der Waals surface area contributed by atoms with Crippen LogP contribution < -0.4 is 4.90 Å². The molecule has 0 N–H and O–H groups in total. The van der Waals surface area contributed by atoms with Crippen LogP contribution >= 0.6 is 11.3 Å². The highest BCUT2D eigenvalue weighted by Gasteiger charge is 2.26. The minimum absolute atomic E-state index is 0.161. The largest absolute Gasteiger partial charge is 0.468 e. The van der Waals surface area contributed by atoms with Crippen molar-refractivity contribution < 1.29 is 19.1 Å². The molecule has 3 heterocycles. The Morgan fingerprint density at radius 2 is 1.85 bits per heavy atom. The molecule has 0 saturated heterocycles. The lowest BCUT2D eigenvalue weighted by Gasteiger charge is -2.22. The fourth-order valence-corrected chi connectivity index (χ4v) is 4.12. The number of rotatable bonds is 6. The Labute approximate surface area is 194 Å². The molecule has 0 aliphatic heterocycles. The van der Waals surface area contributed by atoms with Crippen LogP contribution in [0.4, 0.5) is 5.82 Å². The van der Waals surface area contributed by atoms with Gasteiger partial charge in [0.25, 0.3) is 0 Å². The first-order valence-electron chi connectivity index (χ1n) is 9.91. The molecule has 33 heavy (non-hydrogen) atoms. The summed E-state index contributed by atoms with van der Waals surface area (Å²) in [5.74, 6) is 2.16. The number of aromatic nitrogens is 3. The second-order valence-corrected chi connectivity index (χ2v) is 7.90. The van der Waals surface area contributed by atoms with Gasteiger partial charge in [-0.1, -0.05) is 24.1 Å². The monoisotopic (exact) mass is 460 g/mol. The summed E-state index contributed by atoms with van der Waals surface area (Å²) in [5, 5.41) is 1.86. The third-order valence-electron chi connectivity index (χ3n) is 4.95. The molecule has 2 aliphatic carbocycles. The van der Waals surface area contributed by atoms with Crippen molar-refractivity contribution in [3.05, 3.63) is 59.9 Å². The lowest BCUT2D eigenvalue weighted by atomic mass is 10.2. The first kappa shape index (κ1) is 22.0. The summed E-state index contributed by atoms with van der Waals surface area (Å²) in [6, 6.07) is 10.3. The van der Waals surface area contributed by atoms with Crippen LogP contribution in [-0.2, 0) is 19.1 Å². The van der Waals surface area contributed by atoms with Crippen LogP contribution in [0.3, 0.4) is 0 Å². The van der Waals surface area contributed by atoms with Crippen LogP contribution in [0.15, 0.2) is 54.3 Å². The zero-order valence-electron chi connectivity index (χ0n) is 18.0. The SMILES string of the molecule is C#Cc1ccsc1-c1nc2cnccn2c1N(CC(=O)OC)CC(=O)OC.c1cc2cc-2c1. The Balaban J connectivity index is 0.000000367. The van der Waals surface area contributed by atoms with Crippen LogP contribution in [0.25, 0.3) is 27.3 Å². The number of hydrogen-bond acceptors (Lipinski definition) is 8. The number of nitrogens with zero attached hydrogens (tertiary/aromatic N) is 4. The smallest absolute Gasteiger partial charge is 0.325 e. The Hall–Kier alpha value is -4.16. The Kier molecular flexibility index (Phi) is 6.38. The average molecular weight is 461 g/mol. The average Bonchev–Trinajstić information content (AvgIpc) is 3.22. The minimum Gasteiger partial charge on any atom is -0.468 e.